The number of piperidine rings is 1. The number of benzene rings is 3. The monoisotopic (exact) mass is 539 g/mol. The molecule has 1 aliphatic carbocycles. The van der Waals surface area contributed by atoms with Gasteiger partial charge in [0.15, 0.2) is 0 Å². The van der Waals surface area contributed by atoms with Crippen LogP contribution in [-0.4, -0.2) is 42.4 Å². The van der Waals surface area contributed by atoms with E-state index in [0.717, 1.165) is 46.2 Å². The SMILES string of the molecule is COc1cc2c3c(c4c(c2cc1N1CCCC(CCC(=O)O)C1=CC(=O)O)-c1ccccc1C4(C)C)C=CCO3. The number of aliphatic carboxylic acids is 2. The third-order valence-electron chi connectivity index (χ3n) is 8.63. The summed E-state index contributed by atoms with van der Waals surface area (Å²) >= 11 is 0. The predicted octanol–water partition coefficient (Wildman–Crippen LogP) is 6.61. The molecular formula is C33H33NO6. The van der Waals surface area contributed by atoms with E-state index < -0.39 is 11.9 Å². The zero-order valence-electron chi connectivity index (χ0n) is 23.0. The topological polar surface area (TPSA) is 96.3 Å². The predicted molar refractivity (Wildman–Crippen MR) is 155 cm³/mol. The summed E-state index contributed by atoms with van der Waals surface area (Å²) in [6.45, 7) is 5.60. The van der Waals surface area contributed by atoms with Crippen molar-refractivity contribution in [2.45, 2.75) is 44.9 Å². The Morgan fingerprint density at radius 1 is 1.18 bits per heavy atom. The number of ether oxygens (including phenoxy) is 2. The van der Waals surface area contributed by atoms with Gasteiger partial charge in [0.25, 0.3) is 0 Å². The van der Waals surface area contributed by atoms with E-state index in [1.807, 2.05) is 17.0 Å². The Labute approximate surface area is 233 Å². The average Bonchev–Trinajstić information content (AvgIpc) is 3.19. The lowest BCUT2D eigenvalue weighted by molar-refractivity contribution is -0.137. The standard InChI is InChI=1S/C33H33NO6/c1-33(2)24-11-5-4-9-20(24)30-22-16-26(27(39-3)17-23(22)32-21(31(30)33)10-7-15-40-32)34-14-6-8-19(12-13-28(35)36)25(34)18-29(37)38/h4-5,7,9-11,16-19H,6,8,12-15H2,1-3H3,(H,35,36)(H,37,38). The number of rotatable bonds is 6. The molecule has 0 aromatic heterocycles. The highest BCUT2D eigenvalue weighted by Gasteiger charge is 2.40. The summed E-state index contributed by atoms with van der Waals surface area (Å²) in [5.41, 5.74) is 7.07. The first kappa shape index (κ1) is 26.0. The molecule has 7 nitrogen and oxygen atoms in total. The normalized spacial score (nSPS) is 19.6. The molecule has 1 fully saturated rings. The third kappa shape index (κ3) is 4.03. The maximum atomic E-state index is 11.9. The Morgan fingerprint density at radius 3 is 2.73 bits per heavy atom. The van der Waals surface area contributed by atoms with E-state index in [1.54, 1.807) is 7.11 Å². The number of fused-ring (bicyclic) bond motifs is 8. The molecule has 206 valence electrons. The van der Waals surface area contributed by atoms with E-state index in [0.29, 0.717) is 31.0 Å². The Balaban J connectivity index is 1.63. The third-order valence-corrected chi connectivity index (χ3v) is 8.63. The van der Waals surface area contributed by atoms with Crippen LogP contribution in [0.2, 0.25) is 0 Å². The van der Waals surface area contributed by atoms with Crippen molar-refractivity contribution in [3.05, 3.63) is 70.9 Å². The van der Waals surface area contributed by atoms with E-state index in [-0.39, 0.29) is 17.8 Å². The molecule has 2 N–H and O–H groups in total. The van der Waals surface area contributed by atoms with E-state index in [2.05, 4.69) is 50.3 Å². The van der Waals surface area contributed by atoms with Crippen molar-refractivity contribution < 1.29 is 29.3 Å². The van der Waals surface area contributed by atoms with Crippen molar-refractivity contribution in [3.8, 4) is 22.6 Å². The number of hydrogen-bond acceptors (Lipinski definition) is 5. The first-order valence-electron chi connectivity index (χ1n) is 13.8. The van der Waals surface area contributed by atoms with Crippen LogP contribution in [0.1, 0.15) is 56.2 Å². The second-order valence-corrected chi connectivity index (χ2v) is 11.3. The van der Waals surface area contributed by atoms with Crippen molar-refractivity contribution in [3.63, 3.8) is 0 Å². The fraction of sp³-hybridized carbons (Fsp3) is 0.333. The van der Waals surface area contributed by atoms with Crippen LogP contribution in [0.15, 0.2) is 54.2 Å². The van der Waals surface area contributed by atoms with Gasteiger partial charge in [-0.1, -0.05) is 44.2 Å². The largest absolute Gasteiger partial charge is 0.495 e. The van der Waals surface area contributed by atoms with Gasteiger partial charge in [-0.05, 0) is 65.1 Å². The molecule has 2 heterocycles. The summed E-state index contributed by atoms with van der Waals surface area (Å²) in [5.74, 6) is -0.655. The minimum Gasteiger partial charge on any atom is -0.495 e. The van der Waals surface area contributed by atoms with Crippen LogP contribution in [0, 0.1) is 5.92 Å². The minimum absolute atomic E-state index is 0.0132. The van der Waals surface area contributed by atoms with Gasteiger partial charge >= 0.3 is 11.9 Å². The van der Waals surface area contributed by atoms with Crippen molar-refractivity contribution in [1.29, 1.82) is 0 Å². The lowest BCUT2D eigenvalue weighted by atomic mass is 9.78. The maximum Gasteiger partial charge on any atom is 0.330 e. The molecule has 7 heteroatoms. The van der Waals surface area contributed by atoms with Gasteiger partial charge in [-0.25, -0.2) is 4.79 Å². The minimum atomic E-state index is -1.05. The fourth-order valence-corrected chi connectivity index (χ4v) is 6.95. The van der Waals surface area contributed by atoms with Crippen LogP contribution in [-0.2, 0) is 15.0 Å². The van der Waals surface area contributed by atoms with Crippen LogP contribution in [0.4, 0.5) is 5.69 Å². The van der Waals surface area contributed by atoms with Gasteiger partial charge < -0.3 is 24.6 Å². The van der Waals surface area contributed by atoms with E-state index in [4.69, 9.17) is 9.47 Å². The van der Waals surface area contributed by atoms with E-state index >= 15 is 0 Å². The Morgan fingerprint density at radius 2 is 1.98 bits per heavy atom. The molecule has 3 aliphatic rings. The maximum absolute atomic E-state index is 11.9. The van der Waals surface area contributed by atoms with Crippen molar-refractivity contribution in [1.82, 2.24) is 0 Å². The second kappa shape index (κ2) is 9.73. The summed E-state index contributed by atoms with van der Waals surface area (Å²) in [5, 5.41) is 21.1. The highest BCUT2D eigenvalue weighted by molar-refractivity contribution is 6.10. The number of carboxylic acid groups (broad SMARTS) is 2. The lowest BCUT2D eigenvalue weighted by Crippen LogP contribution is -2.34. The number of carbonyl (C=O) groups is 2. The van der Waals surface area contributed by atoms with Gasteiger partial charge in [0.05, 0.1) is 12.8 Å². The highest BCUT2D eigenvalue weighted by Crippen LogP contribution is 2.57. The molecular weight excluding hydrogens is 506 g/mol. The summed E-state index contributed by atoms with van der Waals surface area (Å²) in [7, 11) is 1.62. The molecule has 2 aliphatic heterocycles. The molecule has 6 rings (SSSR count). The zero-order valence-corrected chi connectivity index (χ0v) is 23.0. The van der Waals surface area contributed by atoms with Crippen LogP contribution < -0.4 is 14.4 Å². The molecule has 1 atom stereocenters. The summed E-state index contributed by atoms with van der Waals surface area (Å²) < 4.78 is 12.2. The molecule has 0 saturated carbocycles. The Bertz CT molecular complexity index is 1620. The van der Waals surface area contributed by atoms with Gasteiger partial charge in [0.2, 0.25) is 0 Å². The highest BCUT2D eigenvalue weighted by atomic mass is 16.5. The molecule has 3 aromatic rings. The number of allylic oxidation sites excluding steroid dienone is 1. The van der Waals surface area contributed by atoms with Gasteiger partial charge in [0.1, 0.15) is 18.1 Å². The number of carboxylic acids is 2. The summed E-state index contributed by atoms with van der Waals surface area (Å²) in [6, 6.07) is 12.6. The van der Waals surface area contributed by atoms with Crippen molar-refractivity contribution in [2.24, 2.45) is 5.92 Å². The molecule has 1 saturated heterocycles. The van der Waals surface area contributed by atoms with Crippen LogP contribution in [0.5, 0.6) is 11.5 Å². The Kier molecular flexibility index (Phi) is 6.32. The number of methoxy groups -OCH3 is 1. The van der Waals surface area contributed by atoms with Crippen LogP contribution in [0.3, 0.4) is 0 Å². The molecule has 0 spiro atoms. The average molecular weight is 540 g/mol. The second-order valence-electron chi connectivity index (χ2n) is 11.3. The van der Waals surface area contributed by atoms with Gasteiger partial charge in [-0.3, -0.25) is 4.79 Å². The summed E-state index contributed by atoms with van der Waals surface area (Å²) in [6.07, 6.45) is 7.37. The van der Waals surface area contributed by atoms with Gasteiger partial charge in [-0.15, -0.1) is 0 Å². The summed E-state index contributed by atoms with van der Waals surface area (Å²) in [4.78, 5) is 25.3. The quantitative estimate of drug-likeness (QED) is 0.340. The fourth-order valence-electron chi connectivity index (χ4n) is 6.95. The zero-order chi connectivity index (χ0) is 28.2. The van der Waals surface area contributed by atoms with Crippen molar-refractivity contribution >= 4 is 34.5 Å². The van der Waals surface area contributed by atoms with Crippen LogP contribution >= 0.6 is 0 Å². The Hall–Kier alpha value is -4.26. The molecule has 0 radical (unpaired) electrons. The smallest absolute Gasteiger partial charge is 0.330 e. The van der Waals surface area contributed by atoms with E-state index in [9.17, 15) is 19.8 Å². The number of anilines is 1. The van der Waals surface area contributed by atoms with E-state index in [1.165, 1.54) is 22.8 Å². The van der Waals surface area contributed by atoms with Gasteiger partial charge in [0, 0.05) is 47.0 Å². The first-order valence-corrected chi connectivity index (χ1v) is 13.8. The molecule has 3 aromatic carbocycles. The lowest BCUT2D eigenvalue weighted by Gasteiger charge is -2.38. The van der Waals surface area contributed by atoms with Crippen molar-refractivity contribution in [2.75, 3.05) is 25.2 Å². The molecule has 1 unspecified atom stereocenters. The molecule has 0 amide bonds. The van der Waals surface area contributed by atoms with Gasteiger partial charge in [-0.2, -0.15) is 0 Å². The first-order chi connectivity index (χ1) is 19.2. The molecule has 0 bridgehead atoms. The van der Waals surface area contributed by atoms with Crippen LogP contribution in [0.25, 0.3) is 28.0 Å². The number of hydrogen-bond donors (Lipinski definition) is 2. The number of nitrogens with zero attached hydrogens (tertiary/aromatic N) is 1. The molecule has 40 heavy (non-hydrogen) atoms.